The van der Waals surface area contributed by atoms with Crippen molar-refractivity contribution in [3.05, 3.63) is 0 Å². The number of aliphatic hydroxyl groups excluding tert-OH is 1. The number of hydrogen-bond donors (Lipinski definition) is 1. The Labute approximate surface area is 81.3 Å². The third kappa shape index (κ3) is 3.65. The first-order chi connectivity index (χ1) is 6.09. The van der Waals surface area contributed by atoms with E-state index in [0.717, 1.165) is 25.4 Å². The van der Waals surface area contributed by atoms with E-state index in [1.807, 2.05) is 0 Å². The normalized spacial score (nSPS) is 32.1. The van der Waals surface area contributed by atoms with Crippen LogP contribution >= 0.6 is 0 Å². The Morgan fingerprint density at radius 3 is 2.62 bits per heavy atom. The minimum absolute atomic E-state index is 0.131. The summed E-state index contributed by atoms with van der Waals surface area (Å²) in [5, 5.41) is 9.48. The maximum atomic E-state index is 9.48. The number of hydrogen-bond acceptors (Lipinski definition) is 2. The Bertz CT molecular complexity index is 145. The maximum absolute atomic E-state index is 9.48. The SMILES string of the molecule is CC(C)CC(C)C1CC(O)CCO1. The van der Waals surface area contributed by atoms with E-state index in [9.17, 15) is 5.11 Å². The zero-order valence-electron chi connectivity index (χ0n) is 8.99. The van der Waals surface area contributed by atoms with Crippen LogP contribution in [0.5, 0.6) is 0 Å². The zero-order chi connectivity index (χ0) is 9.84. The first-order valence-electron chi connectivity index (χ1n) is 5.39. The average molecular weight is 186 g/mol. The summed E-state index contributed by atoms with van der Waals surface area (Å²) in [4.78, 5) is 0. The van der Waals surface area contributed by atoms with Gasteiger partial charge in [0, 0.05) is 6.61 Å². The van der Waals surface area contributed by atoms with Crippen LogP contribution in [0.25, 0.3) is 0 Å². The molecule has 1 aliphatic rings. The summed E-state index contributed by atoms with van der Waals surface area (Å²) < 4.78 is 5.65. The van der Waals surface area contributed by atoms with Gasteiger partial charge in [0.15, 0.2) is 0 Å². The number of aliphatic hydroxyl groups is 1. The first kappa shape index (κ1) is 11.0. The molecular formula is C11H22O2. The molecule has 2 nitrogen and oxygen atoms in total. The summed E-state index contributed by atoms with van der Waals surface area (Å²) in [6, 6.07) is 0. The van der Waals surface area contributed by atoms with E-state index in [2.05, 4.69) is 20.8 Å². The van der Waals surface area contributed by atoms with Crippen molar-refractivity contribution in [2.45, 2.75) is 52.2 Å². The second kappa shape index (κ2) is 4.97. The minimum Gasteiger partial charge on any atom is -0.393 e. The van der Waals surface area contributed by atoms with Crippen molar-refractivity contribution < 1.29 is 9.84 Å². The Morgan fingerprint density at radius 2 is 2.08 bits per heavy atom. The van der Waals surface area contributed by atoms with Crippen molar-refractivity contribution in [1.29, 1.82) is 0 Å². The molecule has 1 fully saturated rings. The lowest BCUT2D eigenvalue weighted by Crippen LogP contribution is -2.33. The highest BCUT2D eigenvalue weighted by Gasteiger charge is 2.25. The fraction of sp³-hybridized carbons (Fsp3) is 1.00. The van der Waals surface area contributed by atoms with Crippen LogP contribution in [0.3, 0.4) is 0 Å². The van der Waals surface area contributed by atoms with Gasteiger partial charge in [0.25, 0.3) is 0 Å². The van der Waals surface area contributed by atoms with Gasteiger partial charge in [-0.05, 0) is 31.1 Å². The molecule has 1 heterocycles. The summed E-state index contributed by atoms with van der Waals surface area (Å²) in [6.45, 7) is 7.42. The predicted octanol–water partition coefficient (Wildman–Crippen LogP) is 2.21. The topological polar surface area (TPSA) is 29.5 Å². The fourth-order valence-electron chi connectivity index (χ4n) is 2.10. The molecule has 0 aromatic carbocycles. The summed E-state index contributed by atoms with van der Waals surface area (Å²) in [5.74, 6) is 1.30. The lowest BCUT2D eigenvalue weighted by atomic mass is 9.89. The summed E-state index contributed by atoms with van der Waals surface area (Å²) in [5.41, 5.74) is 0. The highest BCUT2D eigenvalue weighted by Crippen LogP contribution is 2.24. The Morgan fingerprint density at radius 1 is 1.38 bits per heavy atom. The second-order valence-electron chi connectivity index (χ2n) is 4.69. The van der Waals surface area contributed by atoms with E-state index < -0.39 is 0 Å². The van der Waals surface area contributed by atoms with Crippen LogP contribution in [0, 0.1) is 11.8 Å². The van der Waals surface area contributed by atoms with Gasteiger partial charge in [-0.2, -0.15) is 0 Å². The van der Waals surface area contributed by atoms with Gasteiger partial charge in [0.1, 0.15) is 0 Å². The zero-order valence-corrected chi connectivity index (χ0v) is 8.99. The number of rotatable bonds is 3. The van der Waals surface area contributed by atoms with E-state index in [0.29, 0.717) is 5.92 Å². The van der Waals surface area contributed by atoms with E-state index in [1.54, 1.807) is 0 Å². The van der Waals surface area contributed by atoms with Crippen LogP contribution in [-0.2, 0) is 4.74 Å². The van der Waals surface area contributed by atoms with Gasteiger partial charge in [-0.25, -0.2) is 0 Å². The standard InChI is InChI=1S/C11H22O2/c1-8(2)6-9(3)11-7-10(12)4-5-13-11/h8-12H,4-7H2,1-3H3. The van der Waals surface area contributed by atoms with E-state index in [1.165, 1.54) is 6.42 Å². The van der Waals surface area contributed by atoms with Gasteiger partial charge in [0.05, 0.1) is 12.2 Å². The van der Waals surface area contributed by atoms with E-state index >= 15 is 0 Å². The molecule has 0 saturated carbocycles. The van der Waals surface area contributed by atoms with Crippen LogP contribution in [0.15, 0.2) is 0 Å². The Balaban J connectivity index is 2.32. The molecule has 0 radical (unpaired) electrons. The van der Waals surface area contributed by atoms with Gasteiger partial charge in [0.2, 0.25) is 0 Å². The lowest BCUT2D eigenvalue weighted by molar-refractivity contribution is -0.0690. The van der Waals surface area contributed by atoms with E-state index in [-0.39, 0.29) is 12.2 Å². The molecule has 0 aromatic heterocycles. The number of ether oxygens (including phenoxy) is 1. The molecule has 2 heteroatoms. The van der Waals surface area contributed by atoms with Crippen molar-refractivity contribution in [2.24, 2.45) is 11.8 Å². The highest BCUT2D eigenvalue weighted by molar-refractivity contribution is 4.75. The molecule has 13 heavy (non-hydrogen) atoms. The van der Waals surface area contributed by atoms with Gasteiger partial charge in [-0.3, -0.25) is 0 Å². The van der Waals surface area contributed by atoms with Crippen molar-refractivity contribution >= 4 is 0 Å². The smallest absolute Gasteiger partial charge is 0.0625 e. The van der Waals surface area contributed by atoms with Gasteiger partial charge >= 0.3 is 0 Å². The van der Waals surface area contributed by atoms with Gasteiger partial charge < -0.3 is 9.84 Å². The van der Waals surface area contributed by atoms with Gasteiger partial charge in [-0.1, -0.05) is 20.8 Å². The average Bonchev–Trinajstić information content (AvgIpc) is 2.03. The van der Waals surface area contributed by atoms with Gasteiger partial charge in [-0.15, -0.1) is 0 Å². The summed E-state index contributed by atoms with van der Waals surface area (Å²) in [6.07, 6.45) is 2.98. The molecule has 1 aliphatic heterocycles. The molecule has 0 amide bonds. The van der Waals surface area contributed by atoms with Crippen LogP contribution in [0.2, 0.25) is 0 Å². The van der Waals surface area contributed by atoms with Crippen LogP contribution in [0.4, 0.5) is 0 Å². The fourth-order valence-corrected chi connectivity index (χ4v) is 2.10. The summed E-state index contributed by atoms with van der Waals surface area (Å²) >= 11 is 0. The molecule has 3 unspecified atom stereocenters. The maximum Gasteiger partial charge on any atom is 0.0625 e. The van der Waals surface area contributed by atoms with Crippen molar-refractivity contribution in [1.82, 2.24) is 0 Å². The van der Waals surface area contributed by atoms with Crippen LogP contribution in [0.1, 0.15) is 40.0 Å². The molecule has 0 bridgehead atoms. The minimum atomic E-state index is -0.131. The third-order valence-corrected chi connectivity index (χ3v) is 2.77. The summed E-state index contributed by atoms with van der Waals surface area (Å²) in [7, 11) is 0. The Hall–Kier alpha value is -0.0800. The predicted molar refractivity (Wildman–Crippen MR) is 53.6 cm³/mol. The first-order valence-corrected chi connectivity index (χ1v) is 5.39. The quantitative estimate of drug-likeness (QED) is 0.732. The monoisotopic (exact) mass is 186 g/mol. The largest absolute Gasteiger partial charge is 0.393 e. The molecule has 0 spiro atoms. The van der Waals surface area contributed by atoms with E-state index in [4.69, 9.17) is 4.74 Å². The molecule has 0 aromatic rings. The van der Waals surface area contributed by atoms with Crippen LogP contribution in [-0.4, -0.2) is 23.9 Å². The van der Waals surface area contributed by atoms with Crippen molar-refractivity contribution in [3.63, 3.8) is 0 Å². The molecule has 1 saturated heterocycles. The Kier molecular flexibility index (Phi) is 4.20. The lowest BCUT2D eigenvalue weighted by Gasteiger charge is -2.31. The molecule has 78 valence electrons. The third-order valence-electron chi connectivity index (χ3n) is 2.77. The molecule has 1 N–H and O–H groups in total. The molecular weight excluding hydrogens is 164 g/mol. The molecule has 3 atom stereocenters. The van der Waals surface area contributed by atoms with Crippen molar-refractivity contribution in [2.75, 3.05) is 6.61 Å². The molecule has 1 rings (SSSR count). The molecule has 0 aliphatic carbocycles. The second-order valence-corrected chi connectivity index (χ2v) is 4.69. The van der Waals surface area contributed by atoms with Crippen LogP contribution < -0.4 is 0 Å². The van der Waals surface area contributed by atoms with Crippen molar-refractivity contribution in [3.8, 4) is 0 Å². The highest BCUT2D eigenvalue weighted by atomic mass is 16.5.